The van der Waals surface area contributed by atoms with E-state index in [9.17, 15) is 0 Å². The molecular weight excluding hydrogens is 162 g/mol. The average Bonchev–Trinajstić information content (AvgIpc) is 2.20. The van der Waals surface area contributed by atoms with Gasteiger partial charge in [-0.05, 0) is 25.5 Å². The van der Waals surface area contributed by atoms with Gasteiger partial charge in [0.15, 0.2) is 0 Å². The van der Waals surface area contributed by atoms with Crippen molar-refractivity contribution >= 4 is 5.82 Å². The van der Waals surface area contributed by atoms with Crippen LogP contribution >= 0.6 is 0 Å². The van der Waals surface area contributed by atoms with Gasteiger partial charge in [0, 0.05) is 17.8 Å². The molecule has 2 rings (SSSR count). The van der Waals surface area contributed by atoms with Gasteiger partial charge in [0.1, 0.15) is 5.82 Å². The van der Waals surface area contributed by atoms with Gasteiger partial charge >= 0.3 is 0 Å². The zero-order chi connectivity index (χ0) is 9.10. The van der Waals surface area contributed by atoms with E-state index in [1.807, 2.05) is 6.07 Å². The number of nitrogens with zero attached hydrogens (tertiary/aromatic N) is 1. The van der Waals surface area contributed by atoms with Crippen molar-refractivity contribution in [1.29, 1.82) is 0 Å². The summed E-state index contributed by atoms with van der Waals surface area (Å²) in [5, 5.41) is 3.46. The van der Waals surface area contributed by atoms with Crippen LogP contribution in [0, 0.1) is 0 Å². The molecule has 1 atom stereocenters. The normalized spacial score (nSPS) is 22.9. The van der Waals surface area contributed by atoms with Crippen molar-refractivity contribution in [2.24, 2.45) is 0 Å². The first-order valence-electron chi connectivity index (χ1n) is 4.81. The number of rotatable bonds is 1. The van der Waals surface area contributed by atoms with Crippen LogP contribution in [-0.2, 0) is 0 Å². The molecule has 0 aromatic carbocycles. The summed E-state index contributed by atoms with van der Waals surface area (Å²) in [6, 6.07) is 4.43. The highest BCUT2D eigenvalue weighted by atomic mass is 14.9. The lowest BCUT2D eigenvalue weighted by molar-refractivity contribution is 0.412. The second-order valence-electron chi connectivity index (χ2n) is 3.48. The fourth-order valence-corrected chi connectivity index (χ4v) is 1.84. The molecular formula is C10H15N3. The average molecular weight is 177 g/mol. The lowest BCUT2D eigenvalue weighted by Crippen LogP contribution is -2.27. The number of nitrogens with two attached hydrogens (primary N) is 1. The number of nitrogen functional groups attached to an aromatic ring is 1. The molecule has 0 amide bonds. The molecule has 3 nitrogen and oxygen atoms in total. The third kappa shape index (κ3) is 1.80. The number of hydrogen-bond acceptors (Lipinski definition) is 3. The molecule has 1 aromatic heterocycles. The molecule has 1 aliphatic rings. The Morgan fingerprint density at radius 1 is 1.46 bits per heavy atom. The Morgan fingerprint density at radius 2 is 2.38 bits per heavy atom. The van der Waals surface area contributed by atoms with E-state index in [2.05, 4.69) is 16.4 Å². The fraction of sp³-hybridized carbons (Fsp3) is 0.500. The third-order valence-corrected chi connectivity index (χ3v) is 2.56. The predicted molar refractivity (Wildman–Crippen MR) is 53.2 cm³/mol. The quantitative estimate of drug-likeness (QED) is 0.683. The van der Waals surface area contributed by atoms with Gasteiger partial charge in [0.05, 0.1) is 0 Å². The predicted octanol–water partition coefficient (Wildman–Crippen LogP) is 1.48. The molecule has 1 fully saturated rings. The molecule has 0 saturated carbocycles. The van der Waals surface area contributed by atoms with Crippen LogP contribution in [0.1, 0.15) is 30.9 Å². The topological polar surface area (TPSA) is 50.9 Å². The molecule has 1 aromatic rings. The molecule has 0 unspecified atom stereocenters. The molecule has 1 saturated heterocycles. The Hall–Kier alpha value is -1.09. The Balaban J connectivity index is 2.18. The standard InChI is InChI=1S/C10H15N3/c11-10-8(4-3-7-13-10)9-5-1-2-6-12-9/h3-4,7,9,12H,1-2,5-6H2,(H2,11,13)/t9-/m0/s1. The summed E-state index contributed by atoms with van der Waals surface area (Å²) in [5.41, 5.74) is 6.96. The molecule has 0 radical (unpaired) electrons. The van der Waals surface area contributed by atoms with Crippen LogP contribution in [0.4, 0.5) is 5.82 Å². The summed E-state index contributed by atoms with van der Waals surface area (Å²) in [7, 11) is 0. The van der Waals surface area contributed by atoms with E-state index in [1.165, 1.54) is 19.3 Å². The van der Waals surface area contributed by atoms with Gasteiger partial charge in [0.25, 0.3) is 0 Å². The highest BCUT2D eigenvalue weighted by Gasteiger charge is 2.16. The first-order valence-corrected chi connectivity index (χ1v) is 4.81. The van der Waals surface area contributed by atoms with Crippen LogP contribution in [0.2, 0.25) is 0 Å². The van der Waals surface area contributed by atoms with Crippen molar-refractivity contribution in [3.8, 4) is 0 Å². The van der Waals surface area contributed by atoms with Gasteiger partial charge in [-0.25, -0.2) is 4.98 Å². The number of nitrogens with one attached hydrogen (secondary N) is 1. The Labute approximate surface area is 78.4 Å². The first kappa shape index (κ1) is 8.51. The molecule has 13 heavy (non-hydrogen) atoms. The summed E-state index contributed by atoms with van der Waals surface area (Å²) in [6.07, 6.45) is 5.47. The first-order chi connectivity index (χ1) is 6.38. The number of anilines is 1. The minimum atomic E-state index is 0.419. The summed E-state index contributed by atoms with van der Waals surface area (Å²) >= 11 is 0. The van der Waals surface area contributed by atoms with Gasteiger partial charge in [-0.15, -0.1) is 0 Å². The van der Waals surface area contributed by atoms with Crippen molar-refractivity contribution in [2.75, 3.05) is 12.3 Å². The van der Waals surface area contributed by atoms with Gasteiger partial charge in [0.2, 0.25) is 0 Å². The number of piperidine rings is 1. The van der Waals surface area contributed by atoms with E-state index in [0.29, 0.717) is 11.9 Å². The smallest absolute Gasteiger partial charge is 0.128 e. The molecule has 2 heterocycles. The van der Waals surface area contributed by atoms with Crippen molar-refractivity contribution in [2.45, 2.75) is 25.3 Å². The highest BCUT2D eigenvalue weighted by molar-refractivity contribution is 5.40. The van der Waals surface area contributed by atoms with E-state index in [0.717, 1.165) is 12.1 Å². The third-order valence-electron chi connectivity index (χ3n) is 2.56. The second-order valence-corrected chi connectivity index (χ2v) is 3.48. The molecule has 3 N–H and O–H groups in total. The zero-order valence-corrected chi connectivity index (χ0v) is 7.66. The van der Waals surface area contributed by atoms with Crippen molar-refractivity contribution < 1.29 is 0 Å². The minimum absolute atomic E-state index is 0.419. The monoisotopic (exact) mass is 177 g/mol. The van der Waals surface area contributed by atoms with E-state index < -0.39 is 0 Å². The van der Waals surface area contributed by atoms with E-state index in [-0.39, 0.29) is 0 Å². The van der Waals surface area contributed by atoms with Gasteiger partial charge in [-0.2, -0.15) is 0 Å². The Morgan fingerprint density at radius 3 is 3.08 bits per heavy atom. The van der Waals surface area contributed by atoms with E-state index in [4.69, 9.17) is 5.73 Å². The van der Waals surface area contributed by atoms with Crippen LogP contribution in [0.3, 0.4) is 0 Å². The Bertz CT molecular complexity index is 279. The fourth-order valence-electron chi connectivity index (χ4n) is 1.84. The van der Waals surface area contributed by atoms with Gasteiger partial charge in [-0.1, -0.05) is 12.5 Å². The molecule has 0 aliphatic carbocycles. The number of pyridine rings is 1. The Kier molecular flexibility index (Phi) is 2.45. The maximum absolute atomic E-state index is 5.80. The largest absolute Gasteiger partial charge is 0.383 e. The van der Waals surface area contributed by atoms with Crippen molar-refractivity contribution in [3.63, 3.8) is 0 Å². The molecule has 0 bridgehead atoms. The van der Waals surface area contributed by atoms with Crippen LogP contribution in [0.5, 0.6) is 0 Å². The summed E-state index contributed by atoms with van der Waals surface area (Å²) < 4.78 is 0. The zero-order valence-electron chi connectivity index (χ0n) is 7.66. The summed E-state index contributed by atoms with van der Waals surface area (Å²) in [6.45, 7) is 1.10. The SMILES string of the molecule is Nc1ncccc1[C@@H]1CCCCN1. The molecule has 0 spiro atoms. The minimum Gasteiger partial charge on any atom is -0.383 e. The number of aromatic nitrogens is 1. The highest BCUT2D eigenvalue weighted by Crippen LogP contribution is 2.25. The number of hydrogen-bond donors (Lipinski definition) is 2. The summed E-state index contributed by atoms with van der Waals surface area (Å²) in [4.78, 5) is 4.09. The van der Waals surface area contributed by atoms with Gasteiger partial charge < -0.3 is 11.1 Å². The van der Waals surface area contributed by atoms with Crippen molar-refractivity contribution in [3.05, 3.63) is 23.9 Å². The maximum atomic E-state index is 5.80. The van der Waals surface area contributed by atoms with Crippen LogP contribution in [0.15, 0.2) is 18.3 Å². The van der Waals surface area contributed by atoms with E-state index in [1.54, 1.807) is 6.20 Å². The van der Waals surface area contributed by atoms with Crippen LogP contribution < -0.4 is 11.1 Å². The molecule has 70 valence electrons. The van der Waals surface area contributed by atoms with Crippen LogP contribution in [-0.4, -0.2) is 11.5 Å². The van der Waals surface area contributed by atoms with Crippen molar-refractivity contribution in [1.82, 2.24) is 10.3 Å². The van der Waals surface area contributed by atoms with Crippen LogP contribution in [0.25, 0.3) is 0 Å². The van der Waals surface area contributed by atoms with Gasteiger partial charge in [-0.3, -0.25) is 0 Å². The molecule has 3 heteroatoms. The second kappa shape index (κ2) is 3.75. The lowest BCUT2D eigenvalue weighted by atomic mass is 9.98. The maximum Gasteiger partial charge on any atom is 0.128 e. The lowest BCUT2D eigenvalue weighted by Gasteiger charge is -2.24. The summed E-state index contributed by atoms with van der Waals surface area (Å²) in [5.74, 6) is 0.668. The van der Waals surface area contributed by atoms with E-state index >= 15 is 0 Å². The molecule has 1 aliphatic heterocycles.